The third-order valence-electron chi connectivity index (χ3n) is 4.20. The van der Waals surface area contributed by atoms with Gasteiger partial charge in [-0.1, -0.05) is 12.1 Å². The van der Waals surface area contributed by atoms with E-state index < -0.39 is 23.0 Å². The number of nitrogens with one attached hydrogen (secondary N) is 3. The number of para-hydroxylation sites is 1. The maximum absolute atomic E-state index is 13.7. The molecule has 0 radical (unpaired) electrons. The van der Waals surface area contributed by atoms with Gasteiger partial charge >= 0.3 is 0 Å². The van der Waals surface area contributed by atoms with Gasteiger partial charge in [0.1, 0.15) is 11.2 Å². The molecule has 0 atom stereocenters. The Kier molecular flexibility index (Phi) is 4.71. The highest BCUT2D eigenvalue weighted by Gasteiger charge is 2.56. The first kappa shape index (κ1) is 17.6. The first-order chi connectivity index (χ1) is 12.4. The topological polar surface area (TPSA) is 87.3 Å². The highest BCUT2D eigenvalue weighted by atomic mass is 19.1. The van der Waals surface area contributed by atoms with Crippen LogP contribution in [-0.4, -0.2) is 17.7 Å². The lowest BCUT2D eigenvalue weighted by Gasteiger charge is -2.16. The lowest BCUT2D eigenvalue weighted by atomic mass is 10.0. The molecule has 7 heteroatoms. The van der Waals surface area contributed by atoms with Crippen LogP contribution in [-0.2, 0) is 14.4 Å². The molecule has 3 amide bonds. The van der Waals surface area contributed by atoms with Crippen molar-refractivity contribution in [2.75, 3.05) is 16.0 Å². The Hall–Kier alpha value is -3.22. The molecule has 0 saturated heterocycles. The third kappa shape index (κ3) is 3.72. The molecular formula is C19H18FN3O3. The molecule has 3 N–H and O–H groups in total. The Bertz CT molecular complexity index is 861. The van der Waals surface area contributed by atoms with Crippen LogP contribution in [0, 0.1) is 11.2 Å². The second kappa shape index (κ2) is 6.95. The summed E-state index contributed by atoms with van der Waals surface area (Å²) in [5.41, 5.74) is -0.0160. The standard InChI is InChI=1S/C19H18FN3O3/c1-12(24)21-13-6-8-14(9-7-13)22-17(25)19(10-11-19)18(26)23-16-5-3-2-4-15(16)20/h2-9H,10-11H2,1H3,(H,21,24)(H,22,25)(H,23,26). The normalized spacial score (nSPS) is 14.2. The van der Waals surface area contributed by atoms with Gasteiger partial charge in [0.05, 0.1) is 5.69 Å². The quantitative estimate of drug-likeness (QED) is 0.720. The summed E-state index contributed by atoms with van der Waals surface area (Å²) in [6, 6.07) is 12.4. The lowest BCUT2D eigenvalue weighted by Crippen LogP contribution is -2.35. The molecule has 1 saturated carbocycles. The summed E-state index contributed by atoms with van der Waals surface area (Å²) in [5, 5.41) is 7.82. The fourth-order valence-corrected chi connectivity index (χ4v) is 2.58. The van der Waals surface area contributed by atoms with Crippen molar-refractivity contribution in [3.05, 3.63) is 54.3 Å². The average molecular weight is 355 g/mol. The zero-order valence-electron chi connectivity index (χ0n) is 14.1. The summed E-state index contributed by atoms with van der Waals surface area (Å²) in [4.78, 5) is 36.0. The zero-order valence-corrected chi connectivity index (χ0v) is 14.1. The van der Waals surface area contributed by atoms with Crippen molar-refractivity contribution in [3.63, 3.8) is 0 Å². The van der Waals surface area contributed by atoms with Crippen LogP contribution in [0.3, 0.4) is 0 Å². The largest absolute Gasteiger partial charge is 0.326 e. The van der Waals surface area contributed by atoms with Crippen LogP contribution < -0.4 is 16.0 Å². The van der Waals surface area contributed by atoms with Gasteiger partial charge in [-0.3, -0.25) is 14.4 Å². The van der Waals surface area contributed by atoms with E-state index in [1.54, 1.807) is 30.3 Å². The summed E-state index contributed by atoms with van der Waals surface area (Å²) < 4.78 is 13.7. The SMILES string of the molecule is CC(=O)Nc1ccc(NC(=O)C2(C(=O)Nc3ccccc3F)CC2)cc1. The van der Waals surface area contributed by atoms with E-state index >= 15 is 0 Å². The number of hydrogen-bond acceptors (Lipinski definition) is 3. The Morgan fingerprint density at radius 2 is 1.38 bits per heavy atom. The Morgan fingerprint density at radius 1 is 0.846 bits per heavy atom. The zero-order chi connectivity index (χ0) is 18.7. The van der Waals surface area contributed by atoms with Crippen molar-refractivity contribution >= 4 is 34.8 Å². The van der Waals surface area contributed by atoms with E-state index in [2.05, 4.69) is 16.0 Å². The predicted octanol–water partition coefficient (Wildman–Crippen LogP) is 3.14. The number of rotatable bonds is 5. The molecule has 1 fully saturated rings. The van der Waals surface area contributed by atoms with Gasteiger partial charge in [0.2, 0.25) is 17.7 Å². The highest BCUT2D eigenvalue weighted by Crippen LogP contribution is 2.47. The second-order valence-electron chi connectivity index (χ2n) is 6.23. The van der Waals surface area contributed by atoms with Gasteiger partial charge in [-0.05, 0) is 49.2 Å². The van der Waals surface area contributed by atoms with Gasteiger partial charge < -0.3 is 16.0 Å². The minimum atomic E-state index is -1.18. The summed E-state index contributed by atoms with van der Waals surface area (Å²) in [6.07, 6.45) is 0.812. The third-order valence-corrected chi connectivity index (χ3v) is 4.20. The van der Waals surface area contributed by atoms with E-state index in [0.717, 1.165) is 0 Å². The maximum atomic E-state index is 13.7. The van der Waals surface area contributed by atoms with Crippen LogP contribution in [0.2, 0.25) is 0 Å². The number of carbonyl (C=O) groups excluding carboxylic acids is 3. The van der Waals surface area contributed by atoms with E-state index in [0.29, 0.717) is 24.2 Å². The van der Waals surface area contributed by atoms with Gasteiger partial charge in [0.25, 0.3) is 0 Å². The molecule has 0 aromatic heterocycles. The summed E-state index contributed by atoms with van der Waals surface area (Å²) in [5.74, 6) is -1.69. The first-order valence-corrected chi connectivity index (χ1v) is 8.16. The van der Waals surface area contributed by atoms with E-state index in [4.69, 9.17) is 0 Å². The molecule has 0 unspecified atom stereocenters. The van der Waals surface area contributed by atoms with Crippen molar-refractivity contribution in [1.82, 2.24) is 0 Å². The molecule has 0 bridgehead atoms. The van der Waals surface area contributed by atoms with Crippen LogP contribution in [0.1, 0.15) is 19.8 Å². The van der Waals surface area contributed by atoms with Crippen LogP contribution in [0.4, 0.5) is 21.5 Å². The summed E-state index contributed by atoms with van der Waals surface area (Å²) in [6.45, 7) is 1.40. The Morgan fingerprint density at radius 3 is 1.92 bits per heavy atom. The number of anilines is 3. The molecular weight excluding hydrogens is 337 g/mol. The molecule has 134 valence electrons. The second-order valence-corrected chi connectivity index (χ2v) is 6.23. The molecule has 0 aliphatic heterocycles. The Balaban J connectivity index is 1.66. The van der Waals surface area contributed by atoms with Gasteiger partial charge in [-0.25, -0.2) is 4.39 Å². The maximum Gasteiger partial charge on any atom is 0.240 e. The fourth-order valence-electron chi connectivity index (χ4n) is 2.58. The fraction of sp³-hybridized carbons (Fsp3) is 0.211. The lowest BCUT2D eigenvalue weighted by molar-refractivity contribution is -0.131. The van der Waals surface area contributed by atoms with Gasteiger partial charge in [-0.2, -0.15) is 0 Å². The van der Waals surface area contributed by atoms with Crippen molar-refractivity contribution in [2.24, 2.45) is 5.41 Å². The molecule has 1 aliphatic rings. The molecule has 0 spiro atoms. The predicted molar refractivity (Wildman–Crippen MR) is 96.1 cm³/mol. The van der Waals surface area contributed by atoms with Crippen molar-refractivity contribution in [1.29, 1.82) is 0 Å². The number of halogens is 1. The number of benzene rings is 2. The van der Waals surface area contributed by atoms with Crippen molar-refractivity contribution in [3.8, 4) is 0 Å². The number of carbonyl (C=O) groups is 3. The van der Waals surface area contributed by atoms with Gasteiger partial charge in [0, 0.05) is 18.3 Å². The van der Waals surface area contributed by atoms with Crippen LogP contribution >= 0.6 is 0 Å². The molecule has 1 aliphatic carbocycles. The van der Waals surface area contributed by atoms with E-state index in [9.17, 15) is 18.8 Å². The first-order valence-electron chi connectivity index (χ1n) is 8.16. The average Bonchev–Trinajstić information content (AvgIpc) is 3.40. The minimum Gasteiger partial charge on any atom is -0.326 e. The number of hydrogen-bond donors (Lipinski definition) is 3. The van der Waals surface area contributed by atoms with E-state index in [1.807, 2.05) is 0 Å². The summed E-state index contributed by atoms with van der Waals surface area (Å²) in [7, 11) is 0. The molecule has 2 aromatic carbocycles. The van der Waals surface area contributed by atoms with E-state index in [-0.39, 0.29) is 11.6 Å². The van der Waals surface area contributed by atoms with E-state index in [1.165, 1.54) is 25.1 Å². The Labute approximate surface area is 149 Å². The highest BCUT2D eigenvalue weighted by molar-refractivity contribution is 6.17. The molecule has 0 heterocycles. The smallest absolute Gasteiger partial charge is 0.240 e. The van der Waals surface area contributed by atoms with Gasteiger partial charge in [-0.15, -0.1) is 0 Å². The van der Waals surface area contributed by atoms with Crippen LogP contribution in [0.5, 0.6) is 0 Å². The van der Waals surface area contributed by atoms with Crippen molar-refractivity contribution in [2.45, 2.75) is 19.8 Å². The molecule has 6 nitrogen and oxygen atoms in total. The van der Waals surface area contributed by atoms with Crippen LogP contribution in [0.25, 0.3) is 0 Å². The monoisotopic (exact) mass is 355 g/mol. The van der Waals surface area contributed by atoms with Crippen LogP contribution in [0.15, 0.2) is 48.5 Å². The summed E-state index contributed by atoms with van der Waals surface area (Å²) >= 11 is 0. The number of amides is 3. The van der Waals surface area contributed by atoms with Crippen molar-refractivity contribution < 1.29 is 18.8 Å². The molecule has 2 aromatic rings. The molecule has 3 rings (SSSR count). The molecule has 26 heavy (non-hydrogen) atoms. The minimum absolute atomic E-state index is 0.0521. The van der Waals surface area contributed by atoms with Gasteiger partial charge in [0.15, 0.2) is 0 Å².